The zero-order valence-corrected chi connectivity index (χ0v) is 7.55. The minimum absolute atomic E-state index is 1.11. The zero-order valence-electron chi connectivity index (χ0n) is 7.55. The van der Waals surface area contributed by atoms with Gasteiger partial charge in [0.2, 0.25) is 0 Å². The molecular formula is C11H19+. The van der Waals surface area contributed by atoms with Gasteiger partial charge < -0.3 is 0 Å². The van der Waals surface area contributed by atoms with Crippen LogP contribution in [0.25, 0.3) is 0 Å². The molecule has 0 unspecified atom stereocenters. The molecule has 0 atom stereocenters. The van der Waals surface area contributed by atoms with Crippen LogP contribution >= 0.6 is 0 Å². The van der Waals surface area contributed by atoms with Crippen molar-refractivity contribution in [1.29, 1.82) is 0 Å². The summed E-state index contributed by atoms with van der Waals surface area (Å²) >= 11 is 0. The maximum atomic E-state index is 3.67. The van der Waals surface area contributed by atoms with E-state index in [2.05, 4.69) is 32.1 Å². The van der Waals surface area contributed by atoms with Crippen LogP contribution < -0.4 is 0 Å². The molecule has 0 amide bonds. The molecule has 0 aliphatic heterocycles. The van der Waals surface area contributed by atoms with Crippen molar-refractivity contribution in [3.05, 3.63) is 31.2 Å². The summed E-state index contributed by atoms with van der Waals surface area (Å²) in [4.78, 5) is 0. The van der Waals surface area contributed by atoms with Gasteiger partial charge in [-0.25, -0.2) is 0 Å². The van der Waals surface area contributed by atoms with Crippen molar-refractivity contribution < 1.29 is 0 Å². The Morgan fingerprint density at radius 1 is 1.18 bits per heavy atom. The molecule has 0 saturated carbocycles. The van der Waals surface area contributed by atoms with E-state index < -0.39 is 0 Å². The Morgan fingerprint density at radius 3 is 2.55 bits per heavy atom. The molecule has 0 aliphatic carbocycles. The number of allylic oxidation sites excluding steroid dienone is 3. The molecule has 0 radical (unpaired) electrons. The second-order valence-corrected chi connectivity index (χ2v) is 2.68. The first-order valence-corrected chi connectivity index (χ1v) is 4.45. The third-order valence-electron chi connectivity index (χ3n) is 1.57. The van der Waals surface area contributed by atoms with Gasteiger partial charge in [0.15, 0.2) is 0 Å². The quantitative estimate of drug-likeness (QED) is 0.294. The summed E-state index contributed by atoms with van der Waals surface area (Å²) in [6.45, 7) is 5.78. The lowest BCUT2D eigenvalue weighted by atomic mass is 10.2. The third kappa shape index (κ3) is 9.35. The molecule has 0 aliphatic rings. The lowest BCUT2D eigenvalue weighted by molar-refractivity contribution is 0.825. The van der Waals surface area contributed by atoms with Crippen LogP contribution in [-0.4, -0.2) is 0 Å². The molecule has 0 heterocycles. The minimum atomic E-state index is 1.11. The molecule has 0 nitrogen and oxygen atoms in total. The maximum Gasteiger partial charge on any atom is 0.0875 e. The molecule has 0 heteroatoms. The van der Waals surface area contributed by atoms with Crippen molar-refractivity contribution in [2.75, 3.05) is 0 Å². The summed E-state index contributed by atoms with van der Waals surface area (Å²) in [5.74, 6) is 0. The molecular weight excluding hydrogens is 132 g/mol. The summed E-state index contributed by atoms with van der Waals surface area (Å²) in [5, 5.41) is 0. The Balaban J connectivity index is 2.97. The van der Waals surface area contributed by atoms with Gasteiger partial charge >= 0.3 is 0 Å². The summed E-state index contributed by atoms with van der Waals surface area (Å²) in [6.07, 6.45) is 14.7. The molecule has 0 aromatic heterocycles. The molecule has 0 rings (SSSR count). The Labute approximate surface area is 71.0 Å². The van der Waals surface area contributed by atoms with Crippen molar-refractivity contribution in [3.63, 3.8) is 0 Å². The number of hydrogen-bond acceptors (Lipinski definition) is 0. The van der Waals surface area contributed by atoms with E-state index in [1.807, 2.05) is 6.08 Å². The average molecular weight is 151 g/mol. The molecule has 0 N–H and O–H groups in total. The predicted octanol–water partition coefficient (Wildman–Crippen LogP) is 3.90. The topological polar surface area (TPSA) is 0 Å². The first-order valence-electron chi connectivity index (χ1n) is 4.45. The van der Waals surface area contributed by atoms with Crippen LogP contribution in [0.4, 0.5) is 0 Å². The molecule has 0 fully saturated rings. The normalized spacial score (nSPS) is 10.3. The fraction of sp³-hybridized carbons (Fsp3) is 0.545. The highest BCUT2D eigenvalue weighted by atomic mass is 13.9. The number of unbranched alkanes of at least 4 members (excludes halogenated alkanes) is 4. The van der Waals surface area contributed by atoms with Gasteiger partial charge in [-0.3, -0.25) is 0 Å². The maximum absolute atomic E-state index is 3.67. The molecule has 0 saturated heterocycles. The highest BCUT2D eigenvalue weighted by Crippen LogP contribution is 2.00. The van der Waals surface area contributed by atoms with E-state index in [-0.39, 0.29) is 0 Å². The Kier molecular flexibility index (Phi) is 8.80. The highest BCUT2D eigenvalue weighted by Gasteiger charge is 1.87. The van der Waals surface area contributed by atoms with E-state index in [0.717, 1.165) is 12.8 Å². The zero-order chi connectivity index (χ0) is 8.36. The van der Waals surface area contributed by atoms with Crippen molar-refractivity contribution in [3.8, 4) is 0 Å². The van der Waals surface area contributed by atoms with Gasteiger partial charge in [0, 0.05) is 0 Å². The van der Waals surface area contributed by atoms with E-state index in [1.54, 1.807) is 0 Å². The van der Waals surface area contributed by atoms with Gasteiger partial charge in [0.25, 0.3) is 0 Å². The molecule has 62 valence electrons. The highest BCUT2D eigenvalue weighted by molar-refractivity contribution is 4.84. The predicted molar refractivity (Wildman–Crippen MR) is 52.4 cm³/mol. The first kappa shape index (κ1) is 10.3. The first-order chi connectivity index (χ1) is 5.41. The molecule has 0 aromatic rings. The fourth-order valence-corrected chi connectivity index (χ4v) is 0.890. The van der Waals surface area contributed by atoms with E-state index in [9.17, 15) is 0 Å². The standard InChI is InChI=1S/C11H19/c1-3-5-7-9-11-10-8-6-4-2/h3-4,9,11H,1,5-8,10H2,2H3/q+1. The summed E-state index contributed by atoms with van der Waals surface area (Å²) in [6, 6.07) is 0. The average Bonchev–Trinajstić information content (AvgIpc) is 2.03. The van der Waals surface area contributed by atoms with E-state index in [0.29, 0.717) is 0 Å². The van der Waals surface area contributed by atoms with Crippen LogP contribution in [0.15, 0.2) is 24.8 Å². The summed E-state index contributed by atoms with van der Waals surface area (Å²) in [7, 11) is 0. The lowest BCUT2D eigenvalue weighted by Gasteiger charge is -1.87. The molecule has 0 bridgehead atoms. The van der Waals surface area contributed by atoms with Crippen LogP contribution in [0.3, 0.4) is 0 Å². The third-order valence-corrected chi connectivity index (χ3v) is 1.57. The Hall–Kier alpha value is -0.650. The van der Waals surface area contributed by atoms with Gasteiger partial charge in [-0.05, 0) is 25.7 Å². The van der Waals surface area contributed by atoms with E-state index in [1.165, 1.54) is 19.3 Å². The number of rotatable bonds is 7. The van der Waals surface area contributed by atoms with Gasteiger partial charge in [-0.15, -0.1) is 6.58 Å². The molecule has 11 heavy (non-hydrogen) atoms. The van der Waals surface area contributed by atoms with Crippen LogP contribution in [0, 0.1) is 6.42 Å². The molecule has 0 aromatic carbocycles. The smallest absolute Gasteiger partial charge is 0.0875 e. The van der Waals surface area contributed by atoms with Gasteiger partial charge in [-0.2, -0.15) is 0 Å². The van der Waals surface area contributed by atoms with Gasteiger partial charge in [0.1, 0.15) is 0 Å². The van der Waals surface area contributed by atoms with E-state index in [4.69, 9.17) is 0 Å². The van der Waals surface area contributed by atoms with Crippen LogP contribution in [0.2, 0.25) is 0 Å². The Bertz CT molecular complexity index is 101. The van der Waals surface area contributed by atoms with Crippen molar-refractivity contribution in [2.45, 2.75) is 39.0 Å². The fourth-order valence-electron chi connectivity index (χ4n) is 0.890. The van der Waals surface area contributed by atoms with Crippen LogP contribution in [0.1, 0.15) is 39.0 Å². The lowest BCUT2D eigenvalue weighted by Crippen LogP contribution is -1.71. The van der Waals surface area contributed by atoms with E-state index >= 15 is 0 Å². The largest absolute Gasteiger partial charge is 0.103 e. The van der Waals surface area contributed by atoms with Gasteiger partial charge in [-0.1, -0.05) is 18.2 Å². The SMILES string of the molecule is C=CCCC=CCCC[CH+]C. The minimum Gasteiger partial charge on any atom is -0.103 e. The number of hydrogen-bond donors (Lipinski definition) is 0. The monoisotopic (exact) mass is 151 g/mol. The van der Waals surface area contributed by atoms with Gasteiger partial charge in [0.05, 0.1) is 19.8 Å². The van der Waals surface area contributed by atoms with Crippen LogP contribution in [-0.2, 0) is 0 Å². The second kappa shape index (κ2) is 9.35. The van der Waals surface area contributed by atoms with Crippen molar-refractivity contribution in [1.82, 2.24) is 0 Å². The van der Waals surface area contributed by atoms with Crippen LogP contribution in [0.5, 0.6) is 0 Å². The summed E-state index contributed by atoms with van der Waals surface area (Å²) < 4.78 is 0. The molecule has 0 spiro atoms. The van der Waals surface area contributed by atoms with Crippen molar-refractivity contribution >= 4 is 0 Å². The Morgan fingerprint density at radius 2 is 1.91 bits per heavy atom. The summed E-state index contributed by atoms with van der Waals surface area (Å²) in [5.41, 5.74) is 0. The second-order valence-electron chi connectivity index (χ2n) is 2.68. The van der Waals surface area contributed by atoms with Crippen molar-refractivity contribution in [2.24, 2.45) is 0 Å².